The van der Waals surface area contributed by atoms with Gasteiger partial charge in [0.05, 0.1) is 43.8 Å². The largest absolute Gasteiger partial charge is 0.490 e. The van der Waals surface area contributed by atoms with Gasteiger partial charge in [-0.15, -0.1) is 0 Å². The van der Waals surface area contributed by atoms with E-state index in [1.165, 1.54) is 24.0 Å². The van der Waals surface area contributed by atoms with Crippen molar-refractivity contribution in [1.29, 1.82) is 0 Å². The normalized spacial score (nSPS) is 15.5. The molecule has 5 aromatic rings. The molecule has 0 radical (unpaired) electrons. The summed E-state index contributed by atoms with van der Waals surface area (Å²) in [6, 6.07) is 15.4. The Morgan fingerprint density at radius 1 is 0.911 bits per heavy atom. The number of likely N-dealkylation sites (tertiary alicyclic amines) is 1. The number of likely N-dealkylation sites (N-methyl/N-ethyl adjacent to an activating group) is 1. The molecule has 17 heteroatoms. The minimum absolute atomic E-state index is 0.0741. The van der Waals surface area contributed by atoms with Crippen molar-refractivity contribution in [2.75, 3.05) is 51.9 Å². The number of rotatable bonds is 16. The summed E-state index contributed by atoms with van der Waals surface area (Å²) < 4.78 is 23.9. The van der Waals surface area contributed by atoms with Crippen molar-refractivity contribution in [3.05, 3.63) is 99.6 Å². The number of nitrogens with zero attached hydrogens (tertiary/aromatic N) is 6. The highest BCUT2D eigenvalue weighted by Crippen LogP contribution is 2.33. The van der Waals surface area contributed by atoms with Crippen LogP contribution in [0.4, 0.5) is 5.69 Å². The molecule has 17 nitrogen and oxygen atoms in total. The SMILES string of the molecule is CN1C(=O)CCC(N2C(=O)c3cccc(NCCOCCOCCOc4ccc(C(=O)Cc5ccc6nc(-c7ccc(=O)n(C)n7)oc6c5)nc4)c3C2=O)C1=O. The maximum Gasteiger partial charge on any atom is 0.266 e. The molecule has 4 amide bonds. The number of Topliss-reactive ketones (excluding diaryl/α,β-unsaturated/α-hetero) is 1. The van der Waals surface area contributed by atoms with E-state index in [0.29, 0.717) is 61.2 Å². The number of piperidine rings is 1. The van der Waals surface area contributed by atoms with Crippen LogP contribution in [0.25, 0.3) is 22.7 Å². The van der Waals surface area contributed by atoms with Gasteiger partial charge in [-0.3, -0.25) is 38.6 Å². The molecule has 0 spiro atoms. The third-order valence-corrected chi connectivity index (χ3v) is 9.33. The molecule has 2 aliphatic heterocycles. The van der Waals surface area contributed by atoms with Gasteiger partial charge in [-0.2, -0.15) is 5.10 Å². The van der Waals surface area contributed by atoms with Gasteiger partial charge in [0.25, 0.3) is 23.3 Å². The zero-order valence-corrected chi connectivity index (χ0v) is 30.6. The molecule has 1 unspecified atom stereocenters. The third kappa shape index (κ3) is 7.94. The van der Waals surface area contributed by atoms with Gasteiger partial charge >= 0.3 is 0 Å². The molecule has 2 aromatic carbocycles. The first-order valence-corrected chi connectivity index (χ1v) is 17.9. The predicted molar refractivity (Wildman–Crippen MR) is 198 cm³/mol. The van der Waals surface area contributed by atoms with Gasteiger partial charge < -0.3 is 23.9 Å². The van der Waals surface area contributed by atoms with Crippen LogP contribution in [0, 0.1) is 0 Å². The highest BCUT2D eigenvalue weighted by Gasteiger charge is 2.47. The summed E-state index contributed by atoms with van der Waals surface area (Å²) >= 11 is 0. The number of fused-ring (bicyclic) bond motifs is 2. The van der Waals surface area contributed by atoms with E-state index in [1.807, 2.05) is 0 Å². The van der Waals surface area contributed by atoms with E-state index >= 15 is 0 Å². The average Bonchev–Trinajstić information content (AvgIpc) is 3.74. The second kappa shape index (κ2) is 16.4. The third-order valence-electron chi connectivity index (χ3n) is 9.33. The van der Waals surface area contributed by atoms with E-state index in [2.05, 4.69) is 20.4 Å². The maximum absolute atomic E-state index is 13.3. The number of anilines is 1. The van der Waals surface area contributed by atoms with E-state index in [1.54, 1.807) is 61.6 Å². The lowest BCUT2D eigenvalue weighted by Crippen LogP contribution is -2.54. The summed E-state index contributed by atoms with van der Waals surface area (Å²) in [5.41, 5.74) is 3.13. The lowest BCUT2D eigenvalue weighted by Gasteiger charge is -2.32. The Morgan fingerprint density at radius 3 is 2.50 bits per heavy atom. The average molecular weight is 764 g/mol. The van der Waals surface area contributed by atoms with Gasteiger partial charge in [0.15, 0.2) is 11.4 Å². The number of aryl methyl sites for hydroxylation is 1. The molecule has 3 aromatic heterocycles. The molecule has 0 saturated carbocycles. The number of aromatic nitrogens is 4. The molecule has 0 bridgehead atoms. The number of oxazole rings is 1. The minimum Gasteiger partial charge on any atom is -0.490 e. The van der Waals surface area contributed by atoms with Gasteiger partial charge in [-0.1, -0.05) is 12.1 Å². The first-order valence-electron chi connectivity index (χ1n) is 17.9. The fraction of sp³-hybridized carbons (Fsp3) is 0.308. The first kappa shape index (κ1) is 37.7. The van der Waals surface area contributed by atoms with Crippen LogP contribution < -0.4 is 15.6 Å². The predicted octanol–water partition coefficient (Wildman–Crippen LogP) is 2.68. The Balaban J connectivity index is 0.790. The van der Waals surface area contributed by atoms with Crippen LogP contribution in [-0.2, 0) is 32.5 Å². The second-order valence-corrected chi connectivity index (χ2v) is 13.0. The quantitative estimate of drug-likeness (QED) is 0.0872. The summed E-state index contributed by atoms with van der Waals surface area (Å²) in [6.07, 6.45) is 1.75. The number of imide groups is 2. The van der Waals surface area contributed by atoms with Crippen LogP contribution in [0.3, 0.4) is 0 Å². The van der Waals surface area contributed by atoms with Crippen molar-refractivity contribution in [1.82, 2.24) is 29.5 Å². The molecule has 2 aliphatic rings. The van der Waals surface area contributed by atoms with Crippen LogP contribution in [0.2, 0.25) is 0 Å². The number of nitrogens with one attached hydrogen (secondary N) is 1. The summed E-state index contributed by atoms with van der Waals surface area (Å²) in [4.78, 5) is 86.2. The van der Waals surface area contributed by atoms with E-state index < -0.39 is 23.8 Å². The summed E-state index contributed by atoms with van der Waals surface area (Å²) in [7, 11) is 2.90. The van der Waals surface area contributed by atoms with Crippen LogP contribution in [-0.4, -0.2) is 112 Å². The van der Waals surface area contributed by atoms with Crippen molar-refractivity contribution in [3.8, 4) is 17.3 Å². The first-order chi connectivity index (χ1) is 27.1. The summed E-state index contributed by atoms with van der Waals surface area (Å²) in [6.45, 7) is 1.82. The number of carbonyl (C=O) groups is 5. The number of pyridine rings is 1. The molecular weight excluding hydrogens is 726 g/mol. The fourth-order valence-electron chi connectivity index (χ4n) is 6.38. The molecule has 1 N–H and O–H groups in total. The van der Waals surface area contributed by atoms with Crippen molar-refractivity contribution in [2.45, 2.75) is 25.3 Å². The molecule has 7 rings (SSSR count). The molecule has 5 heterocycles. The Hall–Kier alpha value is -6.59. The number of hydrogen-bond acceptors (Lipinski definition) is 14. The lowest BCUT2D eigenvalue weighted by atomic mass is 10.0. The highest BCUT2D eigenvalue weighted by molar-refractivity contribution is 6.25. The second-order valence-electron chi connectivity index (χ2n) is 13.0. The number of ketones is 1. The highest BCUT2D eigenvalue weighted by atomic mass is 16.5. The Morgan fingerprint density at radius 2 is 1.71 bits per heavy atom. The van der Waals surface area contributed by atoms with Crippen molar-refractivity contribution >= 4 is 46.2 Å². The zero-order valence-electron chi connectivity index (χ0n) is 30.6. The number of hydrogen-bond donors (Lipinski definition) is 1. The molecule has 0 aliphatic carbocycles. The van der Waals surface area contributed by atoms with Crippen molar-refractivity contribution < 1.29 is 42.6 Å². The van der Waals surface area contributed by atoms with Gasteiger partial charge in [0, 0.05) is 45.2 Å². The minimum atomic E-state index is -1.02. The standard InChI is InChI=1S/C39H37N7O10/c1-44-33(48)13-11-30(38(44)51)46-37(50)25-4-3-5-28(35(25)39(46)52)40-14-15-53-16-17-54-18-19-55-24-7-9-26(41-22-24)31(47)20-23-6-8-27-32(21-23)56-36(42-27)29-10-12-34(49)45(2)43-29/h3-10,12,21-22,30,40H,11,13-20H2,1-2H3. The van der Waals surface area contributed by atoms with Crippen LogP contribution in [0.15, 0.2) is 76.1 Å². The summed E-state index contributed by atoms with van der Waals surface area (Å²) in [5, 5.41) is 7.30. The topological polar surface area (TPSA) is 205 Å². The molecule has 1 atom stereocenters. The maximum atomic E-state index is 13.3. The number of ether oxygens (including phenoxy) is 3. The number of amides is 4. The lowest BCUT2D eigenvalue weighted by molar-refractivity contribution is -0.149. The molecule has 1 saturated heterocycles. The van der Waals surface area contributed by atoms with Crippen LogP contribution in [0.1, 0.15) is 49.6 Å². The zero-order chi connectivity index (χ0) is 39.3. The fourth-order valence-corrected chi connectivity index (χ4v) is 6.38. The van der Waals surface area contributed by atoms with Crippen molar-refractivity contribution in [2.24, 2.45) is 7.05 Å². The molecule has 288 valence electrons. The van der Waals surface area contributed by atoms with E-state index in [-0.39, 0.29) is 65.8 Å². The number of carbonyl (C=O) groups excluding carboxylic acids is 5. The van der Waals surface area contributed by atoms with Crippen LogP contribution >= 0.6 is 0 Å². The van der Waals surface area contributed by atoms with E-state index in [4.69, 9.17) is 18.6 Å². The van der Waals surface area contributed by atoms with Gasteiger partial charge in [-0.25, -0.2) is 14.6 Å². The Bertz CT molecular complexity index is 2390. The summed E-state index contributed by atoms with van der Waals surface area (Å²) in [5.74, 6) is -1.47. The molecule has 56 heavy (non-hydrogen) atoms. The monoisotopic (exact) mass is 763 g/mol. The van der Waals surface area contributed by atoms with E-state index in [9.17, 15) is 28.8 Å². The molecule has 1 fully saturated rings. The van der Waals surface area contributed by atoms with Gasteiger partial charge in [-0.05, 0) is 54.4 Å². The van der Waals surface area contributed by atoms with Gasteiger partial charge in [0.1, 0.15) is 35.3 Å². The van der Waals surface area contributed by atoms with E-state index in [0.717, 1.165) is 15.4 Å². The Kier molecular flexibility index (Phi) is 11.1. The Labute approximate surface area is 319 Å². The smallest absolute Gasteiger partial charge is 0.266 e. The molecular formula is C39H37N7O10. The van der Waals surface area contributed by atoms with Crippen molar-refractivity contribution in [3.63, 3.8) is 0 Å². The van der Waals surface area contributed by atoms with Gasteiger partial charge in [0.2, 0.25) is 11.8 Å². The number of benzene rings is 2. The van der Waals surface area contributed by atoms with Crippen LogP contribution in [0.5, 0.6) is 5.75 Å².